The van der Waals surface area contributed by atoms with E-state index in [9.17, 15) is 13.2 Å². The molecule has 6 heteroatoms. The van der Waals surface area contributed by atoms with E-state index in [1.165, 1.54) is 25.7 Å². The van der Waals surface area contributed by atoms with Crippen molar-refractivity contribution in [1.82, 2.24) is 4.98 Å². The molecule has 2 nitrogen and oxygen atoms in total. The second-order valence-corrected chi connectivity index (χ2v) is 6.46. The lowest BCUT2D eigenvalue weighted by Gasteiger charge is -2.29. The molecule has 0 amide bonds. The van der Waals surface area contributed by atoms with Crippen LogP contribution in [0.25, 0.3) is 0 Å². The van der Waals surface area contributed by atoms with Crippen LogP contribution in [-0.4, -0.2) is 17.6 Å². The molecule has 106 valence electrons. The topological polar surface area (TPSA) is 16.1 Å². The molecule has 2 fully saturated rings. The van der Waals surface area contributed by atoms with Crippen LogP contribution in [0, 0.1) is 5.92 Å². The van der Waals surface area contributed by atoms with Gasteiger partial charge in [-0.25, -0.2) is 4.98 Å². The molecule has 0 aromatic carbocycles. The Labute approximate surface area is 114 Å². The van der Waals surface area contributed by atoms with Crippen LogP contribution in [-0.2, 0) is 6.18 Å². The van der Waals surface area contributed by atoms with E-state index in [1.807, 2.05) is 0 Å². The lowest BCUT2D eigenvalue weighted by Crippen LogP contribution is -2.34. The van der Waals surface area contributed by atoms with Crippen LogP contribution in [0.2, 0.25) is 0 Å². The van der Waals surface area contributed by atoms with Crippen LogP contribution < -0.4 is 4.90 Å². The summed E-state index contributed by atoms with van der Waals surface area (Å²) < 4.78 is 37.9. The van der Waals surface area contributed by atoms with Gasteiger partial charge in [-0.15, -0.1) is 0 Å². The SMILES string of the molecule is FC(F)(F)c1cnc(N2CCCC2C2CCCC2)s1. The Morgan fingerprint density at radius 3 is 2.53 bits per heavy atom. The van der Waals surface area contributed by atoms with Gasteiger partial charge in [0.15, 0.2) is 5.13 Å². The van der Waals surface area contributed by atoms with Gasteiger partial charge in [-0.3, -0.25) is 0 Å². The Hall–Kier alpha value is -0.780. The molecule has 1 aliphatic carbocycles. The van der Waals surface area contributed by atoms with E-state index in [1.54, 1.807) is 0 Å². The van der Waals surface area contributed by atoms with E-state index in [4.69, 9.17) is 0 Å². The van der Waals surface area contributed by atoms with Gasteiger partial charge >= 0.3 is 6.18 Å². The Morgan fingerprint density at radius 1 is 1.16 bits per heavy atom. The number of aromatic nitrogens is 1. The summed E-state index contributed by atoms with van der Waals surface area (Å²) in [4.78, 5) is 5.55. The van der Waals surface area contributed by atoms with E-state index < -0.39 is 11.1 Å². The van der Waals surface area contributed by atoms with Crippen molar-refractivity contribution in [3.05, 3.63) is 11.1 Å². The van der Waals surface area contributed by atoms with Crippen LogP contribution in [0.1, 0.15) is 43.4 Å². The van der Waals surface area contributed by atoms with Gasteiger partial charge in [-0.05, 0) is 31.6 Å². The van der Waals surface area contributed by atoms with Crippen molar-refractivity contribution in [2.75, 3.05) is 11.4 Å². The Morgan fingerprint density at radius 2 is 1.89 bits per heavy atom. The van der Waals surface area contributed by atoms with Crippen LogP contribution >= 0.6 is 11.3 Å². The average Bonchev–Trinajstić information content (AvgIpc) is 3.09. The minimum absolute atomic E-state index is 0.412. The molecule has 0 radical (unpaired) electrons. The lowest BCUT2D eigenvalue weighted by atomic mass is 9.96. The monoisotopic (exact) mass is 290 g/mol. The van der Waals surface area contributed by atoms with Gasteiger partial charge in [0.25, 0.3) is 0 Å². The molecular weight excluding hydrogens is 273 g/mol. The molecule has 0 spiro atoms. The molecule has 19 heavy (non-hydrogen) atoms. The Bertz CT molecular complexity index is 437. The predicted octanol–water partition coefficient (Wildman–Crippen LogP) is 4.32. The first-order chi connectivity index (χ1) is 9.05. The molecular formula is C13H17F3N2S. The summed E-state index contributed by atoms with van der Waals surface area (Å²) >= 11 is 0.789. The number of hydrogen-bond acceptors (Lipinski definition) is 3. The minimum atomic E-state index is -4.27. The number of nitrogens with zero attached hydrogens (tertiary/aromatic N) is 2. The first-order valence-electron chi connectivity index (χ1n) is 6.85. The lowest BCUT2D eigenvalue weighted by molar-refractivity contribution is -0.134. The molecule has 0 N–H and O–H groups in total. The molecule has 1 aromatic heterocycles. The zero-order chi connectivity index (χ0) is 13.5. The van der Waals surface area contributed by atoms with E-state index in [0.29, 0.717) is 17.1 Å². The quantitative estimate of drug-likeness (QED) is 0.806. The largest absolute Gasteiger partial charge is 0.427 e. The molecule has 0 bridgehead atoms. The van der Waals surface area contributed by atoms with Crippen LogP contribution in [0.4, 0.5) is 18.3 Å². The van der Waals surface area contributed by atoms with Gasteiger partial charge in [-0.2, -0.15) is 13.2 Å². The summed E-state index contributed by atoms with van der Waals surface area (Å²) in [5, 5.41) is 0.557. The summed E-state index contributed by atoms with van der Waals surface area (Å²) in [5.74, 6) is 0.653. The number of alkyl halides is 3. The standard InChI is InChI=1S/C13H17F3N2S/c14-13(15,16)11-8-17-12(19-11)18-7-3-6-10(18)9-4-1-2-5-9/h8-10H,1-7H2. The second kappa shape index (κ2) is 4.96. The second-order valence-electron chi connectivity index (χ2n) is 5.45. The maximum absolute atomic E-state index is 12.6. The number of rotatable bonds is 2. The highest BCUT2D eigenvalue weighted by atomic mass is 32.1. The van der Waals surface area contributed by atoms with Gasteiger partial charge in [0.1, 0.15) is 4.88 Å². The summed E-state index contributed by atoms with van der Waals surface area (Å²) in [5.41, 5.74) is 0. The van der Waals surface area contributed by atoms with E-state index in [0.717, 1.165) is 36.9 Å². The van der Waals surface area contributed by atoms with E-state index >= 15 is 0 Å². The summed E-state index contributed by atoms with van der Waals surface area (Å²) in [6, 6.07) is 0.412. The molecule has 2 aliphatic rings. The number of halogens is 3. The number of anilines is 1. The maximum Gasteiger partial charge on any atom is 0.427 e. The van der Waals surface area contributed by atoms with Crippen molar-refractivity contribution in [3.63, 3.8) is 0 Å². The zero-order valence-corrected chi connectivity index (χ0v) is 11.4. The molecule has 1 unspecified atom stereocenters. The molecule has 1 aliphatic heterocycles. The third-order valence-electron chi connectivity index (χ3n) is 4.26. The molecule has 1 atom stereocenters. The van der Waals surface area contributed by atoms with Gasteiger partial charge in [0.05, 0.1) is 6.20 Å². The molecule has 1 saturated carbocycles. The molecule has 3 rings (SSSR count). The smallest absolute Gasteiger partial charge is 0.345 e. The molecule has 1 saturated heterocycles. The van der Waals surface area contributed by atoms with Crippen molar-refractivity contribution in [1.29, 1.82) is 0 Å². The van der Waals surface area contributed by atoms with Crippen LogP contribution in [0.15, 0.2) is 6.20 Å². The fraction of sp³-hybridized carbons (Fsp3) is 0.769. The molecule has 1 aromatic rings. The first-order valence-corrected chi connectivity index (χ1v) is 7.67. The third kappa shape index (κ3) is 2.59. The minimum Gasteiger partial charge on any atom is -0.345 e. The Balaban J connectivity index is 1.78. The van der Waals surface area contributed by atoms with Crippen molar-refractivity contribution in [2.24, 2.45) is 5.92 Å². The Kier molecular flexibility index (Phi) is 3.45. The third-order valence-corrected chi connectivity index (χ3v) is 5.34. The zero-order valence-electron chi connectivity index (χ0n) is 10.6. The highest BCUT2D eigenvalue weighted by Gasteiger charge is 2.37. The van der Waals surface area contributed by atoms with Crippen LogP contribution in [0.5, 0.6) is 0 Å². The summed E-state index contributed by atoms with van der Waals surface area (Å²) in [6.07, 6.45) is 3.86. The van der Waals surface area contributed by atoms with Crippen molar-refractivity contribution in [3.8, 4) is 0 Å². The summed E-state index contributed by atoms with van der Waals surface area (Å²) in [6.45, 7) is 0.853. The fourth-order valence-electron chi connectivity index (χ4n) is 3.39. The maximum atomic E-state index is 12.6. The van der Waals surface area contributed by atoms with Crippen LogP contribution in [0.3, 0.4) is 0 Å². The van der Waals surface area contributed by atoms with Gasteiger partial charge in [0, 0.05) is 12.6 Å². The first kappa shape index (κ1) is 13.2. The van der Waals surface area contributed by atoms with E-state index in [-0.39, 0.29) is 0 Å². The van der Waals surface area contributed by atoms with Crippen molar-refractivity contribution in [2.45, 2.75) is 50.7 Å². The normalized spacial score (nSPS) is 25.4. The predicted molar refractivity (Wildman–Crippen MR) is 69.4 cm³/mol. The fourth-order valence-corrected chi connectivity index (χ4v) is 4.26. The van der Waals surface area contributed by atoms with Gasteiger partial charge < -0.3 is 4.90 Å². The van der Waals surface area contributed by atoms with Crippen molar-refractivity contribution >= 4 is 16.5 Å². The van der Waals surface area contributed by atoms with Gasteiger partial charge in [0.2, 0.25) is 0 Å². The van der Waals surface area contributed by atoms with Gasteiger partial charge in [-0.1, -0.05) is 24.2 Å². The summed E-state index contributed by atoms with van der Waals surface area (Å²) in [7, 11) is 0. The average molecular weight is 290 g/mol. The number of thiazole rings is 1. The molecule has 2 heterocycles. The highest BCUT2D eigenvalue weighted by molar-refractivity contribution is 7.15. The van der Waals surface area contributed by atoms with Crippen molar-refractivity contribution < 1.29 is 13.2 Å². The number of hydrogen-bond donors (Lipinski definition) is 0. The highest BCUT2D eigenvalue weighted by Crippen LogP contribution is 2.41. The van der Waals surface area contributed by atoms with E-state index in [2.05, 4.69) is 9.88 Å².